The standard InChI is InChI=1S/C15H18ClNS/c1-11-4-3-5-12(10-11)6-7-14(17-2)15-13(16)8-9-18-15/h3-5,8-10,14,17H,6-7H2,1-2H3. The minimum Gasteiger partial charge on any atom is -0.312 e. The average molecular weight is 280 g/mol. The predicted octanol–water partition coefficient (Wildman–Crippen LogP) is 4.60. The molecule has 0 aliphatic carbocycles. The molecule has 0 spiro atoms. The van der Waals surface area contributed by atoms with E-state index in [1.165, 1.54) is 16.0 Å². The van der Waals surface area contributed by atoms with Gasteiger partial charge in [-0.1, -0.05) is 41.4 Å². The summed E-state index contributed by atoms with van der Waals surface area (Å²) in [6, 6.07) is 11.0. The van der Waals surface area contributed by atoms with Crippen LogP contribution in [0.2, 0.25) is 5.02 Å². The molecule has 96 valence electrons. The topological polar surface area (TPSA) is 12.0 Å². The van der Waals surface area contributed by atoms with Crippen molar-refractivity contribution in [3.8, 4) is 0 Å². The van der Waals surface area contributed by atoms with Crippen LogP contribution in [0.5, 0.6) is 0 Å². The Morgan fingerprint density at radius 2 is 2.17 bits per heavy atom. The third-order valence-corrected chi connectivity index (χ3v) is 4.59. The molecule has 1 atom stereocenters. The van der Waals surface area contributed by atoms with E-state index in [2.05, 4.69) is 41.9 Å². The second-order valence-electron chi connectivity index (χ2n) is 4.50. The summed E-state index contributed by atoms with van der Waals surface area (Å²) in [6.45, 7) is 2.13. The summed E-state index contributed by atoms with van der Waals surface area (Å²) in [5.74, 6) is 0. The molecule has 1 aromatic heterocycles. The van der Waals surface area contributed by atoms with Crippen molar-refractivity contribution in [2.24, 2.45) is 0 Å². The highest BCUT2D eigenvalue weighted by molar-refractivity contribution is 7.10. The van der Waals surface area contributed by atoms with Gasteiger partial charge in [0.1, 0.15) is 0 Å². The first-order valence-corrected chi connectivity index (χ1v) is 7.42. The number of thiophene rings is 1. The van der Waals surface area contributed by atoms with Gasteiger partial charge in [0.2, 0.25) is 0 Å². The molecule has 0 fully saturated rings. The van der Waals surface area contributed by atoms with Gasteiger partial charge in [0.15, 0.2) is 0 Å². The molecule has 0 saturated carbocycles. The zero-order valence-corrected chi connectivity index (χ0v) is 12.3. The van der Waals surface area contributed by atoms with Gasteiger partial charge >= 0.3 is 0 Å². The molecule has 2 rings (SSSR count). The van der Waals surface area contributed by atoms with Crippen LogP contribution in [0.15, 0.2) is 35.7 Å². The highest BCUT2D eigenvalue weighted by atomic mass is 35.5. The fourth-order valence-electron chi connectivity index (χ4n) is 2.14. The molecule has 1 aromatic carbocycles. The van der Waals surface area contributed by atoms with E-state index in [1.54, 1.807) is 11.3 Å². The number of benzene rings is 1. The molecule has 1 unspecified atom stereocenters. The van der Waals surface area contributed by atoms with Crippen LogP contribution in [0, 0.1) is 6.92 Å². The van der Waals surface area contributed by atoms with E-state index in [1.807, 2.05) is 13.1 Å². The minimum atomic E-state index is 0.345. The Kier molecular flexibility index (Phi) is 4.81. The van der Waals surface area contributed by atoms with Crippen molar-refractivity contribution in [2.75, 3.05) is 7.05 Å². The molecule has 0 saturated heterocycles. The zero-order valence-electron chi connectivity index (χ0n) is 10.7. The maximum Gasteiger partial charge on any atom is 0.0561 e. The maximum absolute atomic E-state index is 6.19. The monoisotopic (exact) mass is 279 g/mol. The normalized spacial score (nSPS) is 12.6. The minimum absolute atomic E-state index is 0.345. The maximum atomic E-state index is 6.19. The molecule has 18 heavy (non-hydrogen) atoms. The van der Waals surface area contributed by atoms with E-state index < -0.39 is 0 Å². The van der Waals surface area contributed by atoms with Crippen LogP contribution in [0.3, 0.4) is 0 Å². The van der Waals surface area contributed by atoms with Crippen LogP contribution < -0.4 is 5.32 Å². The molecule has 1 heterocycles. The van der Waals surface area contributed by atoms with Crippen molar-refractivity contribution >= 4 is 22.9 Å². The van der Waals surface area contributed by atoms with Gasteiger partial charge in [0.05, 0.1) is 5.02 Å². The number of hydrogen-bond acceptors (Lipinski definition) is 2. The van der Waals surface area contributed by atoms with E-state index >= 15 is 0 Å². The third-order valence-electron chi connectivity index (χ3n) is 3.11. The fraction of sp³-hybridized carbons (Fsp3) is 0.333. The molecule has 0 bridgehead atoms. The Bertz CT molecular complexity index is 507. The quantitative estimate of drug-likeness (QED) is 0.843. The third kappa shape index (κ3) is 3.35. The largest absolute Gasteiger partial charge is 0.312 e. The van der Waals surface area contributed by atoms with Crippen LogP contribution in [-0.2, 0) is 6.42 Å². The van der Waals surface area contributed by atoms with Gasteiger partial charge in [-0.15, -0.1) is 11.3 Å². The lowest BCUT2D eigenvalue weighted by Crippen LogP contribution is -2.16. The Balaban J connectivity index is 2.02. The van der Waals surface area contributed by atoms with E-state index in [0.717, 1.165) is 17.9 Å². The summed E-state index contributed by atoms with van der Waals surface area (Å²) in [5.41, 5.74) is 2.71. The van der Waals surface area contributed by atoms with Crippen LogP contribution >= 0.6 is 22.9 Å². The highest BCUT2D eigenvalue weighted by Crippen LogP contribution is 2.31. The lowest BCUT2D eigenvalue weighted by atomic mass is 10.0. The number of nitrogens with one attached hydrogen (secondary N) is 1. The second kappa shape index (κ2) is 6.37. The first-order chi connectivity index (χ1) is 8.70. The number of aryl methyl sites for hydroxylation is 2. The average Bonchev–Trinajstić information content (AvgIpc) is 2.77. The Morgan fingerprint density at radius 3 is 2.78 bits per heavy atom. The van der Waals surface area contributed by atoms with Crippen molar-refractivity contribution in [3.05, 3.63) is 56.7 Å². The molecule has 1 nitrogen and oxygen atoms in total. The second-order valence-corrected chi connectivity index (χ2v) is 5.86. The summed E-state index contributed by atoms with van der Waals surface area (Å²) in [6.07, 6.45) is 2.14. The summed E-state index contributed by atoms with van der Waals surface area (Å²) >= 11 is 7.92. The van der Waals surface area contributed by atoms with Gasteiger partial charge in [0, 0.05) is 10.9 Å². The summed E-state index contributed by atoms with van der Waals surface area (Å²) in [7, 11) is 2.00. The SMILES string of the molecule is CNC(CCc1cccc(C)c1)c1sccc1Cl. The smallest absolute Gasteiger partial charge is 0.0561 e. The molecule has 0 radical (unpaired) electrons. The first-order valence-electron chi connectivity index (χ1n) is 6.16. The van der Waals surface area contributed by atoms with Crippen LogP contribution in [-0.4, -0.2) is 7.05 Å². The van der Waals surface area contributed by atoms with Gasteiger partial charge in [-0.2, -0.15) is 0 Å². The number of rotatable bonds is 5. The molecular weight excluding hydrogens is 262 g/mol. The van der Waals surface area contributed by atoms with Gasteiger partial charge in [0.25, 0.3) is 0 Å². The fourth-order valence-corrected chi connectivity index (χ4v) is 3.47. The van der Waals surface area contributed by atoms with Crippen molar-refractivity contribution in [2.45, 2.75) is 25.8 Å². The molecular formula is C15H18ClNS. The highest BCUT2D eigenvalue weighted by Gasteiger charge is 2.14. The molecule has 2 aromatic rings. The molecule has 0 aliphatic heterocycles. The molecule has 0 amide bonds. The molecule has 0 aliphatic rings. The van der Waals surface area contributed by atoms with Crippen LogP contribution in [0.25, 0.3) is 0 Å². The summed E-state index contributed by atoms with van der Waals surface area (Å²) in [4.78, 5) is 1.24. The Morgan fingerprint density at radius 1 is 1.33 bits per heavy atom. The van der Waals surface area contributed by atoms with Crippen molar-refractivity contribution < 1.29 is 0 Å². The predicted molar refractivity (Wildman–Crippen MR) is 80.6 cm³/mol. The van der Waals surface area contributed by atoms with Crippen LogP contribution in [0.4, 0.5) is 0 Å². The van der Waals surface area contributed by atoms with E-state index in [4.69, 9.17) is 11.6 Å². The van der Waals surface area contributed by atoms with Crippen molar-refractivity contribution in [3.63, 3.8) is 0 Å². The Labute approximate surface area is 118 Å². The van der Waals surface area contributed by atoms with Gasteiger partial charge in [-0.3, -0.25) is 0 Å². The van der Waals surface area contributed by atoms with Crippen LogP contribution in [0.1, 0.15) is 28.5 Å². The van der Waals surface area contributed by atoms with Gasteiger partial charge in [-0.05, 0) is 43.8 Å². The lowest BCUT2D eigenvalue weighted by Gasteiger charge is -2.15. The van der Waals surface area contributed by atoms with E-state index in [9.17, 15) is 0 Å². The summed E-state index contributed by atoms with van der Waals surface area (Å²) < 4.78 is 0. The number of hydrogen-bond donors (Lipinski definition) is 1. The van der Waals surface area contributed by atoms with Gasteiger partial charge < -0.3 is 5.32 Å². The van der Waals surface area contributed by atoms with Crippen molar-refractivity contribution in [1.82, 2.24) is 5.32 Å². The van der Waals surface area contributed by atoms with E-state index in [-0.39, 0.29) is 0 Å². The lowest BCUT2D eigenvalue weighted by molar-refractivity contribution is 0.558. The molecule has 3 heteroatoms. The zero-order chi connectivity index (χ0) is 13.0. The van der Waals surface area contributed by atoms with E-state index in [0.29, 0.717) is 6.04 Å². The summed E-state index contributed by atoms with van der Waals surface area (Å²) in [5, 5.41) is 6.28. The first kappa shape index (κ1) is 13.6. The van der Waals surface area contributed by atoms with Gasteiger partial charge in [-0.25, -0.2) is 0 Å². The molecule has 1 N–H and O–H groups in total. The Hall–Kier alpha value is -0.830. The van der Waals surface area contributed by atoms with Crippen molar-refractivity contribution in [1.29, 1.82) is 0 Å². The number of halogens is 1.